The minimum atomic E-state index is 1.24. The van der Waals surface area contributed by atoms with Gasteiger partial charge in [-0.2, -0.15) is 0 Å². The summed E-state index contributed by atoms with van der Waals surface area (Å²) in [5.74, 6) is 0. The van der Waals surface area contributed by atoms with Crippen molar-refractivity contribution < 1.29 is 0 Å². The van der Waals surface area contributed by atoms with Gasteiger partial charge in [-0.25, -0.2) is 0 Å². The molecule has 0 bridgehead atoms. The molecule has 250 valence electrons. The van der Waals surface area contributed by atoms with Gasteiger partial charge in [0.15, 0.2) is 0 Å². The molecule has 2 heterocycles. The lowest BCUT2D eigenvalue weighted by Gasteiger charge is -2.18. The minimum absolute atomic E-state index is 1.24. The van der Waals surface area contributed by atoms with Crippen molar-refractivity contribution in [1.29, 1.82) is 0 Å². The second-order valence-electron chi connectivity index (χ2n) is 14.4. The van der Waals surface area contributed by atoms with E-state index in [9.17, 15) is 0 Å². The largest absolute Gasteiger partial charge is 0.135 e. The molecule has 0 saturated carbocycles. The van der Waals surface area contributed by atoms with Crippen LogP contribution in [0.5, 0.6) is 0 Å². The average molecular weight is 719 g/mol. The van der Waals surface area contributed by atoms with Crippen molar-refractivity contribution in [3.8, 4) is 33.4 Å². The molecule has 2 aromatic heterocycles. The molecule has 10 aromatic carbocycles. The third kappa shape index (κ3) is 4.48. The Kier molecular flexibility index (Phi) is 6.48. The zero-order valence-electron chi connectivity index (χ0n) is 29.1. The van der Waals surface area contributed by atoms with Crippen LogP contribution in [0.3, 0.4) is 0 Å². The van der Waals surface area contributed by atoms with Crippen LogP contribution in [-0.4, -0.2) is 0 Å². The Labute approximate surface area is 319 Å². The Morgan fingerprint density at radius 3 is 1.50 bits per heavy atom. The van der Waals surface area contributed by atoms with Crippen molar-refractivity contribution in [2.75, 3.05) is 0 Å². The molecule has 0 spiro atoms. The summed E-state index contributed by atoms with van der Waals surface area (Å²) in [6.07, 6.45) is 0. The van der Waals surface area contributed by atoms with E-state index in [1.54, 1.807) is 0 Å². The lowest BCUT2D eigenvalue weighted by molar-refractivity contribution is 1.64. The van der Waals surface area contributed by atoms with Gasteiger partial charge in [0.2, 0.25) is 0 Å². The molecule has 0 atom stereocenters. The Bertz CT molecular complexity index is 3430. The Morgan fingerprint density at radius 1 is 0.241 bits per heavy atom. The van der Waals surface area contributed by atoms with Gasteiger partial charge in [-0.15, -0.1) is 22.7 Å². The van der Waals surface area contributed by atoms with E-state index >= 15 is 0 Å². The molecule has 0 saturated heterocycles. The van der Waals surface area contributed by atoms with E-state index in [-0.39, 0.29) is 0 Å². The first kappa shape index (κ1) is 30.2. The second kappa shape index (κ2) is 11.6. The molecule has 0 fully saturated rings. The van der Waals surface area contributed by atoms with Crippen LogP contribution in [0, 0.1) is 0 Å². The van der Waals surface area contributed by atoms with Crippen molar-refractivity contribution in [3.05, 3.63) is 182 Å². The van der Waals surface area contributed by atoms with Crippen LogP contribution in [0.15, 0.2) is 182 Å². The highest BCUT2D eigenvalue weighted by molar-refractivity contribution is 7.27. The fourth-order valence-electron chi connectivity index (χ4n) is 8.90. The lowest BCUT2D eigenvalue weighted by atomic mass is 9.85. The maximum atomic E-state index is 2.45. The molecule has 0 amide bonds. The number of hydrogen-bond acceptors (Lipinski definition) is 2. The number of rotatable bonds is 3. The molecule has 12 rings (SSSR count). The number of thiophene rings is 2. The zero-order chi connectivity index (χ0) is 35.3. The highest BCUT2D eigenvalue weighted by Crippen LogP contribution is 2.47. The van der Waals surface area contributed by atoms with Gasteiger partial charge >= 0.3 is 0 Å². The van der Waals surface area contributed by atoms with E-state index in [0.29, 0.717) is 0 Å². The third-order valence-electron chi connectivity index (χ3n) is 11.4. The molecule has 0 nitrogen and oxygen atoms in total. The monoisotopic (exact) mass is 718 g/mol. The summed E-state index contributed by atoms with van der Waals surface area (Å²) in [4.78, 5) is 0. The lowest BCUT2D eigenvalue weighted by Crippen LogP contribution is -1.91. The van der Waals surface area contributed by atoms with Gasteiger partial charge in [-0.1, -0.05) is 140 Å². The third-order valence-corrected chi connectivity index (χ3v) is 13.8. The maximum absolute atomic E-state index is 2.45. The van der Waals surface area contributed by atoms with Crippen LogP contribution in [0.25, 0.3) is 117 Å². The van der Waals surface area contributed by atoms with E-state index in [2.05, 4.69) is 182 Å². The molecule has 0 unspecified atom stereocenters. The van der Waals surface area contributed by atoms with Gasteiger partial charge in [0, 0.05) is 45.7 Å². The first-order valence-corrected chi connectivity index (χ1v) is 20.1. The fraction of sp³-hybridized carbons (Fsp3) is 0. The van der Waals surface area contributed by atoms with E-state index < -0.39 is 0 Å². The summed E-state index contributed by atoms with van der Waals surface area (Å²) >= 11 is 3.82. The quantitative estimate of drug-likeness (QED) is 0.160. The highest BCUT2D eigenvalue weighted by Gasteiger charge is 2.19. The molecule has 12 aromatic rings. The van der Waals surface area contributed by atoms with Crippen molar-refractivity contribution in [3.63, 3.8) is 0 Å². The molecule has 0 aliphatic rings. The first-order chi connectivity index (χ1) is 26.7. The number of hydrogen-bond donors (Lipinski definition) is 0. The number of benzene rings is 10. The van der Waals surface area contributed by atoms with Gasteiger partial charge < -0.3 is 0 Å². The summed E-state index contributed by atoms with van der Waals surface area (Å²) in [5.41, 5.74) is 7.58. The number of fused-ring (bicyclic) bond motifs is 11. The molecule has 0 aliphatic carbocycles. The first-order valence-electron chi connectivity index (χ1n) is 18.5. The van der Waals surface area contributed by atoms with Gasteiger partial charge in [0.1, 0.15) is 0 Å². The minimum Gasteiger partial charge on any atom is -0.135 e. The van der Waals surface area contributed by atoms with E-state index in [0.717, 1.165) is 0 Å². The van der Waals surface area contributed by atoms with Crippen molar-refractivity contribution >= 4 is 106 Å². The van der Waals surface area contributed by atoms with Crippen LogP contribution in [0.4, 0.5) is 0 Å². The van der Waals surface area contributed by atoms with Crippen LogP contribution >= 0.6 is 22.7 Å². The molecule has 0 N–H and O–H groups in total. The highest BCUT2D eigenvalue weighted by atomic mass is 32.1. The summed E-state index contributed by atoms with van der Waals surface area (Å²) in [7, 11) is 0. The van der Waals surface area contributed by atoms with Crippen LogP contribution in [0.1, 0.15) is 0 Å². The van der Waals surface area contributed by atoms with E-state index in [4.69, 9.17) is 0 Å². The smallest absolute Gasteiger partial charge is 0.0434 e. The van der Waals surface area contributed by atoms with Gasteiger partial charge in [0.25, 0.3) is 0 Å². The topological polar surface area (TPSA) is 0 Å². The summed E-state index contributed by atoms with van der Waals surface area (Å²) in [6, 6.07) is 67.9. The molecule has 2 heteroatoms. The van der Waals surface area contributed by atoms with Gasteiger partial charge in [0.05, 0.1) is 0 Å². The Balaban J connectivity index is 1.05. The van der Waals surface area contributed by atoms with Crippen LogP contribution in [-0.2, 0) is 0 Å². The fourth-order valence-corrected chi connectivity index (χ4v) is 11.2. The zero-order valence-corrected chi connectivity index (χ0v) is 30.8. The molecular weight excluding hydrogens is 689 g/mol. The van der Waals surface area contributed by atoms with Gasteiger partial charge in [-0.3, -0.25) is 0 Å². The van der Waals surface area contributed by atoms with Gasteiger partial charge in [-0.05, 0) is 114 Å². The normalized spacial score (nSPS) is 12.1. The molecule has 54 heavy (non-hydrogen) atoms. The summed E-state index contributed by atoms with van der Waals surface area (Å²) in [5, 5.41) is 15.6. The van der Waals surface area contributed by atoms with E-state index in [1.807, 2.05) is 22.7 Å². The average Bonchev–Trinajstić information content (AvgIpc) is 3.79. The standard InChI is InChI=1S/C52H30S2/c1-2-10-31(11-3-1)32-18-19-34-27-36(21-20-33(34)26-32)50-39-13-4-6-15-41(39)51(42-16-7-5-14-40(42)50)37-23-25-48-45(29-37)46-28-35-22-24-43-38-12-8-9-17-47(38)54-52(43)44(35)30-49(46)53-48/h1-30H. The summed E-state index contributed by atoms with van der Waals surface area (Å²) in [6.45, 7) is 0. The predicted molar refractivity (Wildman–Crippen MR) is 239 cm³/mol. The van der Waals surface area contributed by atoms with Crippen LogP contribution < -0.4 is 0 Å². The molecule has 0 radical (unpaired) electrons. The maximum Gasteiger partial charge on any atom is 0.0434 e. The molecule has 0 aliphatic heterocycles. The SMILES string of the molecule is c1ccc(-c2ccc3cc(-c4c5ccccc5c(-c5ccc6sc7cc8c(ccc9c%10ccccc%10sc89)cc7c6c5)c5ccccc45)ccc3c2)cc1. The summed E-state index contributed by atoms with van der Waals surface area (Å²) < 4.78 is 5.41. The Morgan fingerprint density at radius 2 is 0.778 bits per heavy atom. The van der Waals surface area contributed by atoms with Crippen molar-refractivity contribution in [2.45, 2.75) is 0 Å². The second-order valence-corrected chi connectivity index (χ2v) is 16.5. The van der Waals surface area contributed by atoms with Crippen molar-refractivity contribution in [1.82, 2.24) is 0 Å². The predicted octanol–water partition coefficient (Wildman–Crippen LogP) is 16.0. The van der Waals surface area contributed by atoms with E-state index in [1.165, 1.54) is 117 Å². The van der Waals surface area contributed by atoms with Crippen LogP contribution in [0.2, 0.25) is 0 Å². The van der Waals surface area contributed by atoms with Crippen molar-refractivity contribution in [2.24, 2.45) is 0 Å². The molecular formula is C52H30S2. The Hall–Kier alpha value is -6.32.